The van der Waals surface area contributed by atoms with Gasteiger partial charge in [-0.25, -0.2) is 9.59 Å². The van der Waals surface area contributed by atoms with Crippen LogP contribution in [0.25, 0.3) is 0 Å². The monoisotopic (exact) mass is 410 g/mol. The molecule has 2 aliphatic carbocycles. The lowest BCUT2D eigenvalue weighted by Crippen LogP contribution is -2.66. The molecular formula is C20H26O9. The van der Waals surface area contributed by atoms with Gasteiger partial charge < -0.3 is 34.3 Å². The van der Waals surface area contributed by atoms with E-state index in [1.54, 1.807) is 6.92 Å². The first-order valence-electron chi connectivity index (χ1n) is 10.2. The largest absolute Gasteiger partial charge is 0.459 e. The van der Waals surface area contributed by atoms with Gasteiger partial charge in [-0.05, 0) is 24.2 Å². The van der Waals surface area contributed by atoms with Crippen LogP contribution in [-0.4, -0.2) is 69.4 Å². The Balaban J connectivity index is 1.67. The van der Waals surface area contributed by atoms with Crippen molar-refractivity contribution in [2.45, 2.75) is 82.6 Å². The number of fused-ring (bicyclic) bond motifs is 1. The molecule has 0 aromatic heterocycles. The van der Waals surface area contributed by atoms with E-state index in [-0.39, 0.29) is 17.8 Å². The number of aliphatic hydroxyl groups is 3. The average molecular weight is 410 g/mol. The van der Waals surface area contributed by atoms with Gasteiger partial charge in [0.1, 0.15) is 11.7 Å². The molecular weight excluding hydrogens is 384 g/mol. The van der Waals surface area contributed by atoms with E-state index in [0.29, 0.717) is 6.42 Å². The second-order valence-electron chi connectivity index (χ2n) is 10.8. The van der Waals surface area contributed by atoms with Crippen molar-refractivity contribution < 1.29 is 43.9 Å². The SMILES string of the molecule is C[C@@H]1C(O)OC2CC34C5C[C@@H](C(C)(C)C)C36C(OC(=O)[C@@H]6O)OC4(C(=O)O5)[C@]21O. The fourth-order valence-electron chi connectivity index (χ4n) is 8.19. The summed E-state index contributed by atoms with van der Waals surface area (Å²) >= 11 is 0. The zero-order chi connectivity index (χ0) is 20.9. The van der Waals surface area contributed by atoms with Crippen LogP contribution in [0.1, 0.15) is 40.5 Å². The van der Waals surface area contributed by atoms with Crippen molar-refractivity contribution in [3.63, 3.8) is 0 Å². The summed E-state index contributed by atoms with van der Waals surface area (Å²) in [6, 6.07) is 0. The van der Waals surface area contributed by atoms with Crippen LogP contribution in [0.15, 0.2) is 0 Å². The summed E-state index contributed by atoms with van der Waals surface area (Å²) in [5.74, 6) is -2.63. The molecule has 160 valence electrons. The van der Waals surface area contributed by atoms with Gasteiger partial charge >= 0.3 is 11.9 Å². The zero-order valence-corrected chi connectivity index (χ0v) is 16.7. The Morgan fingerprint density at radius 3 is 2.45 bits per heavy atom. The molecule has 4 saturated heterocycles. The highest BCUT2D eigenvalue weighted by atomic mass is 16.8. The average Bonchev–Trinajstić information content (AvgIpc) is 3.31. The van der Waals surface area contributed by atoms with Crippen LogP contribution in [-0.2, 0) is 28.5 Å². The Hall–Kier alpha value is -1.26. The van der Waals surface area contributed by atoms with Gasteiger partial charge in [0.25, 0.3) is 0 Å². The van der Waals surface area contributed by atoms with E-state index in [1.165, 1.54) is 0 Å². The Morgan fingerprint density at radius 1 is 1.10 bits per heavy atom. The van der Waals surface area contributed by atoms with E-state index in [4.69, 9.17) is 18.9 Å². The Kier molecular flexibility index (Phi) is 2.97. The van der Waals surface area contributed by atoms with Crippen LogP contribution in [0.2, 0.25) is 0 Å². The van der Waals surface area contributed by atoms with Crippen LogP contribution < -0.4 is 0 Å². The Bertz CT molecular complexity index is 851. The van der Waals surface area contributed by atoms with Gasteiger partial charge in [-0.15, -0.1) is 0 Å². The molecule has 2 saturated carbocycles. The highest BCUT2D eigenvalue weighted by molar-refractivity contribution is 5.91. The minimum atomic E-state index is -1.88. The van der Waals surface area contributed by atoms with Crippen molar-refractivity contribution in [1.82, 2.24) is 0 Å². The smallest absolute Gasteiger partial charge is 0.342 e. The van der Waals surface area contributed by atoms with E-state index >= 15 is 0 Å². The first-order chi connectivity index (χ1) is 13.4. The maximum absolute atomic E-state index is 13.3. The van der Waals surface area contributed by atoms with Crippen molar-refractivity contribution in [3.05, 3.63) is 0 Å². The van der Waals surface area contributed by atoms with E-state index < -0.39 is 70.8 Å². The molecule has 4 aliphatic heterocycles. The number of esters is 2. The van der Waals surface area contributed by atoms with E-state index in [1.807, 2.05) is 20.8 Å². The topological polar surface area (TPSA) is 132 Å². The summed E-state index contributed by atoms with van der Waals surface area (Å²) in [5.41, 5.74) is -6.57. The summed E-state index contributed by atoms with van der Waals surface area (Å²) < 4.78 is 23.2. The highest BCUT2D eigenvalue weighted by Crippen LogP contribution is 2.84. The standard InChI is InChI=1S/C20H26O9/c1-7-12(22)26-10-6-17-9-5-8(16(2,3)4)18(17)11(21)13(23)28-15(18)29-20(17,14(24)27-9)19(7,10)25/h7-12,15,21-22,25H,5-6H2,1-4H3/t7-,8+,9?,10?,11+,12?,15?,17?,18?,19-,20?/m1/s1. The molecule has 0 radical (unpaired) electrons. The third kappa shape index (κ3) is 1.41. The summed E-state index contributed by atoms with van der Waals surface area (Å²) in [5, 5.41) is 33.4. The molecule has 3 N–H and O–H groups in total. The molecule has 0 amide bonds. The van der Waals surface area contributed by atoms with Gasteiger partial charge in [-0.1, -0.05) is 27.7 Å². The number of ether oxygens (including phenoxy) is 4. The van der Waals surface area contributed by atoms with E-state index in [9.17, 15) is 24.9 Å². The van der Waals surface area contributed by atoms with Crippen molar-refractivity contribution in [1.29, 1.82) is 0 Å². The predicted octanol–water partition coefficient (Wildman–Crippen LogP) is -0.548. The second kappa shape index (κ2) is 4.65. The van der Waals surface area contributed by atoms with Crippen molar-refractivity contribution in [2.24, 2.45) is 28.1 Å². The maximum atomic E-state index is 13.3. The van der Waals surface area contributed by atoms with Crippen molar-refractivity contribution in [3.8, 4) is 0 Å². The Morgan fingerprint density at radius 2 is 1.79 bits per heavy atom. The summed E-state index contributed by atoms with van der Waals surface area (Å²) in [4.78, 5) is 25.9. The molecule has 6 fully saturated rings. The number of carbonyl (C=O) groups is 2. The number of rotatable bonds is 0. The summed E-state index contributed by atoms with van der Waals surface area (Å²) in [7, 11) is 0. The van der Waals surface area contributed by atoms with Crippen LogP contribution in [0.3, 0.4) is 0 Å². The van der Waals surface area contributed by atoms with Crippen LogP contribution in [0.5, 0.6) is 0 Å². The molecule has 9 nitrogen and oxygen atoms in total. The number of hydrogen-bond acceptors (Lipinski definition) is 9. The second-order valence-corrected chi connectivity index (χ2v) is 10.8. The molecule has 0 aromatic carbocycles. The minimum Gasteiger partial charge on any atom is -0.459 e. The van der Waals surface area contributed by atoms with Gasteiger partial charge in [0.2, 0.25) is 11.9 Å². The highest BCUT2D eigenvalue weighted by Gasteiger charge is 3.00. The molecule has 2 spiro atoms. The Labute approximate surface area is 167 Å². The first kappa shape index (κ1) is 18.5. The molecule has 6 rings (SSSR count). The van der Waals surface area contributed by atoms with Crippen LogP contribution in [0, 0.1) is 28.1 Å². The van der Waals surface area contributed by atoms with Gasteiger partial charge in [-0.2, -0.15) is 0 Å². The predicted molar refractivity (Wildman–Crippen MR) is 91.6 cm³/mol. The maximum Gasteiger partial charge on any atom is 0.342 e. The molecule has 0 bridgehead atoms. The lowest BCUT2D eigenvalue weighted by atomic mass is 9.51. The van der Waals surface area contributed by atoms with E-state index in [0.717, 1.165) is 0 Å². The van der Waals surface area contributed by atoms with E-state index in [2.05, 4.69) is 0 Å². The van der Waals surface area contributed by atoms with Gasteiger partial charge in [0.05, 0.1) is 16.9 Å². The molecule has 7 unspecified atom stereocenters. The number of hydrogen-bond donors (Lipinski definition) is 3. The van der Waals surface area contributed by atoms with Gasteiger partial charge in [0, 0.05) is 5.92 Å². The van der Waals surface area contributed by atoms with Crippen LogP contribution >= 0.6 is 0 Å². The van der Waals surface area contributed by atoms with Crippen molar-refractivity contribution >= 4 is 11.9 Å². The molecule has 4 heterocycles. The molecule has 9 heteroatoms. The molecule has 6 aliphatic rings. The van der Waals surface area contributed by atoms with Gasteiger partial charge in [0.15, 0.2) is 12.4 Å². The lowest BCUT2D eigenvalue weighted by molar-refractivity contribution is -0.238. The fourth-order valence-corrected chi connectivity index (χ4v) is 8.19. The third-order valence-electron chi connectivity index (χ3n) is 9.12. The quantitative estimate of drug-likeness (QED) is 0.450. The molecule has 0 aromatic rings. The van der Waals surface area contributed by atoms with Gasteiger partial charge in [-0.3, -0.25) is 0 Å². The zero-order valence-electron chi connectivity index (χ0n) is 16.7. The minimum absolute atomic E-state index is 0.123. The molecule has 11 atom stereocenters. The third-order valence-corrected chi connectivity index (χ3v) is 9.12. The van der Waals surface area contributed by atoms with Crippen molar-refractivity contribution in [2.75, 3.05) is 0 Å². The normalized spacial score (nSPS) is 62.0. The lowest BCUT2D eigenvalue weighted by Gasteiger charge is -2.46. The number of aliphatic hydroxyl groups excluding tert-OH is 2. The first-order valence-corrected chi connectivity index (χ1v) is 10.2. The molecule has 29 heavy (non-hydrogen) atoms. The number of carbonyl (C=O) groups excluding carboxylic acids is 2. The summed E-state index contributed by atoms with van der Waals surface area (Å²) in [6.45, 7) is 7.62. The van der Waals surface area contributed by atoms with Crippen LogP contribution in [0.4, 0.5) is 0 Å². The fraction of sp³-hybridized carbons (Fsp3) is 0.900. The summed E-state index contributed by atoms with van der Waals surface area (Å²) in [6.07, 6.45) is -4.96.